The lowest BCUT2D eigenvalue weighted by Crippen LogP contribution is -2.16. The third kappa shape index (κ3) is 1.80. The monoisotopic (exact) mass is 141 g/mol. The number of amidine groups is 2. The van der Waals surface area contributed by atoms with Crippen molar-refractivity contribution in [3.63, 3.8) is 0 Å². The molecule has 2 N–H and O–H groups in total. The summed E-state index contributed by atoms with van der Waals surface area (Å²) >= 11 is 0. The van der Waals surface area contributed by atoms with E-state index in [4.69, 9.17) is 5.21 Å². The van der Waals surface area contributed by atoms with Gasteiger partial charge in [0, 0.05) is 13.0 Å². The zero-order chi connectivity index (χ0) is 7.40. The first-order valence-corrected chi connectivity index (χ1v) is 3.31. The third-order valence-electron chi connectivity index (χ3n) is 1.31. The van der Waals surface area contributed by atoms with E-state index in [0.29, 0.717) is 5.84 Å². The number of nitrogens with one attached hydrogen (secondary N) is 1. The SMILES string of the molecule is CC(=NC1=NCCC1)NO. The molecule has 0 aromatic carbocycles. The predicted octanol–water partition coefficient (Wildman–Crippen LogP) is 0.576. The first-order valence-electron chi connectivity index (χ1n) is 3.31. The minimum atomic E-state index is 0.501. The van der Waals surface area contributed by atoms with Crippen LogP contribution in [0.1, 0.15) is 19.8 Å². The summed E-state index contributed by atoms with van der Waals surface area (Å²) in [4.78, 5) is 8.10. The third-order valence-corrected chi connectivity index (χ3v) is 1.31. The number of hydroxylamine groups is 1. The molecule has 1 heterocycles. The van der Waals surface area contributed by atoms with E-state index < -0.39 is 0 Å². The van der Waals surface area contributed by atoms with Crippen molar-refractivity contribution in [1.82, 2.24) is 5.48 Å². The van der Waals surface area contributed by atoms with Gasteiger partial charge in [-0.1, -0.05) is 0 Å². The molecule has 0 saturated heterocycles. The lowest BCUT2D eigenvalue weighted by atomic mass is 10.3. The maximum atomic E-state index is 8.36. The Hall–Kier alpha value is -0.900. The highest BCUT2D eigenvalue weighted by atomic mass is 16.5. The average molecular weight is 141 g/mol. The number of hydrogen-bond acceptors (Lipinski definition) is 3. The van der Waals surface area contributed by atoms with Crippen LogP contribution < -0.4 is 5.48 Å². The van der Waals surface area contributed by atoms with Crippen molar-refractivity contribution >= 4 is 11.7 Å². The van der Waals surface area contributed by atoms with Crippen LogP contribution in [-0.4, -0.2) is 23.4 Å². The minimum Gasteiger partial charge on any atom is -0.290 e. The number of nitrogens with zero attached hydrogens (tertiary/aromatic N) is 2. The van der Waals surface area contributed by atoms with Crippen LogP contribution >= 0.6 is 0 Å². The normalized spacial score (nSPS) is 19.0. The van der Waals surface area contributed by atoms with E-state index in [0.717, 1.165) is 25.2 Å². The molecule has 0 fully saturated rings. The van der Waals surface area contributed by atoms with E-state index in [-0.39, 0.29) is 0 Å². The van der Waals surface area contributed by atoms with Crippen molar-refractivity contribution in [3.05, 3.63) is 0 Å². The molecule has 0 atom stereocenters. The molecule has 1 aliphatic heterocycles. The van der Waals surface area contributed by atoms with Gasteiger partial charge >= 0.3 is 0 Å². The summed E-state index contributed by atoms with van der Waals surface area (Å²) in [5.41, 5.74) is 1.96. The summed E-state index contributed by atoms with van der Waals surface area (Å²) in [6.45, 7) is 2.57. The van der Waals surface area contributed by atoms with Crippen molar-refractivity contribution in [2.75, 3.05) is 6.54 Å². The average Bonchev–Trinajstić information content (AvgIpc) is 2.40. The van der Waals surface area contributed by atoms with E-state index in [9.17, 15) is 0 Å². The molecular formula is C6H11N3O. The molecule has 4 nitrogen and oxygen atoms in total. The van der Waals surface area contributed by atoms with Gasteiger partial charge in [0.25, 0.3) is 0 Å². The zero-order valence-corrected chi connectivity index (χ0v) is 5.96. The summed E-state index contributed by atoms with van der Waals surface area (Å²) in [6, 6.07) is 0. The van der Waals surface area contributed by atoms with E-state index in [1.807, 2.05) is 5.48 Å². The molecule has 1 rings (SSSR count). The highest BCUT2D eigenvalue weighted by Gasteiger charge is 2.03. The molecule has 56 valence electrons. The second-order valence-electron chi connectivity index (χ2n) is 2.21. The van der Waals surface area contributed by atoms with E-state index >= 15 is 0 Å². The largest absolute Gasteiger partial charge is 0.290 e. The summed E-state index contributed by atoms with van der Waals surface area (Å²) in [5, 5.41) is 8.36. The van der Waals surface area contributed by atoms with Crippen LogP contribution in [0.15, 0.2) is 9.98 Å². The number of aliphatic imine (C=N–C) groups is 2. The van der Waals surface area contributed by atoms with Gasteiger partial charge in [0.15, 0.2) is 0 Å². The van der Waals surface area contributed by atoms with Gasteiger partial charge in [-0.3, -0.25) is 15.7 Å². The standard InChI is InChI=1S/C6H11N3O/c1-5(9-10)8-6-3-2-4-7-6/h10H,2-4H2,1H3,(H,7,8,9). The van der Waals surface area contributed by atoms with Crippen LogP contribution in [0.4, 0.5) is 0 Å². The fourth-order valence-electron chi connectivity index (χ4n) is 0.834. The topological polar surface area (TPSA) is 57.0 Å². The maximum Gasteiger partial charge on any atom is 0.125 e. The van der Waals surface area contributed by atoms with Crippen molar-refractivity contribution in [3.8, 4) is 0 Å². The molecule has 1 aliphatic rings. The van der Waals surface area contributed by atoms with Crippen LogP contribution in [0.3, 0.4) is 0 Å². The Morgan fingerprint density at radius 3 is 3.10 bits per heavy atom. The fraction of sp³-hybridized carbons (Fsp3) is 0.667. The molecule has 0 unspecified atom stereocenters. The van der Waals surface area contributed by atoms with Crippen molar-refractivity contribution in [1.29, 1.82) is 0 Å². The zero-order valence-electron chi connectivity index (χ0n) is 5.96. The Balaban J connectivity index is 2.50. The molecule has 0 aliphatic carbocycles. The molecule has 0 aromatic heterocycles. The molecule has 0 aromatic rings. The Bertz CT molecular complexity index is 174. The Morgan fingerprint density at radius 2 is 2.60 bits per heavy atom. The van der Waals surface area contributed by atoms with Gasteiger partial charge in [0.1, 0.15) is 11.7 Å². The second kappa shape index (κ2) is 3.31. The second-order valence-corrected chi connectivity index (χ2v) is 2.21. The summed E-state index contributed by atoms with van der Waals surface area (Å²) in [5.74, 6) is 1.33. The molecule has 10 heavy (non-hydrogen) atoms. The van der Waals surface area contributed by atoms with Gasteiger partial charge in [-0.05, 0) is 13.3 Å². The smallest absolute Gasteiger partial charge is 0.125 e. The first kappa shape index (κ1) is 7.21. The van der Waals surface area contributed by atoms with E-state index in [2.05, 4.69) is 9.98 Å². The van der Waals surface area contributed by atoms with Gasteiger partial charge < -0.3 is 0 Å². The predicted molar refractivity (Wildman–Crippen MR) is 39.6 cm³/mol. The Morgan fingerprint density at radius 1 is 1.80 bits per heavy atom. The lowest BCUT2D eigenvalue weighted by Gasteiger charge is -1.94. The molecule has 0 amide bonds. The molecule has 0 bridgehead atoms. The van der Waals surface area contributed by atoms with Gasteiger partial charge in [0.05, 0.1) is 0 Å². The van der Waals surface area contributed by atoms with Crippen molar-refractivity contribution < 1.29 is 5.21 Å². The van der Waals surface area contributed by atoms with Crippen LogP contribution in [0.2, 0.25) is 0 Å². The number of hydrogen-bond donors (Lipinski definition) is 2. The molecule has 0 saturated carbocycles. The Labute approximate surface area is 59.6 Å². The summed E-state index contributed by atoms with van der Waals surface area (Å²) in [7, 11) is 0. The lowest BCUT2D eigenvalue weighted by molar-refractivity contribution is 0.234. The van der Waals surface area contributed by atoms with Crippen LogP contribution in [-0.2, 0) is 0 Å². The van der Waals surface area contributed by atoms with Crippen LogP contribution in [0, 0.1) is 0 Å². The van der Waals surface area contributed by atoms with E-state index in [1.54, 1.807) is 6.92 Å². The van der Waals surface area contributed by atoms with E-state index in [1.165, 1.54) is 0 Å². The van der Waals surface area contributed by atoms with Gasteiger partial charge in [-0.15, -0.1) is 0 Å². The number of rotatable bonds is 0. The molecule has 4 heteroatoms. The van der Waals surface area contributed by atoms with Crippen molar-refractivity contribution in [2.45, 2.75) is 19.8 Å². The minimum absolute atomic E-state index is 0.501. The van der Waals surface area contributed by atoms with Crippen molar-refractivity contribution in [2.24, 2.45) is 9.98 Å². The van der Waals surface area contributed by atoms with Gasteiger partial charge in [-0.25, -0.2) is 4.99 Å². The highest BCUT2D eigenvalue weighted by molar-refractivity contribution is 5.96. The molecular weight excluding hydrogens is 130 g/mol. The Kier molecular flexibility index (Phi) is 2.39. The van der Waals surface area contributed by atoms with Gasteiger partial charge in [0.2, 0.25) is 0 Å². The quantitative estimate of drug-likeness (QED) is 0.294. The summed E-state index contributed by atoms with van der Waals surface area (Å²) < 4.78 is 0. The van der Waals surface area contributed by atoms with Crippen LogP contribution in [0.25, 0.3) is 0 Å². The van der Waals surface area contributed by atoms with Gasteiger partial charge in [-0.2, -0.15) is 0 Å². The summed E-state index contributed by atoms with van der Waals surface area (Å²) in [6.07, 6.45) is 2.01. The fourth-order valence-corrected chi connectivity index (χ4v) is 0.834. The first-order chi connectivity index (χ1) is 4.83. The molecule has 0 spiro atoms. The molecule has 0 radical (unpaired) electrons. The van der Waals surface area contributed by atoms with Crippen LogP contribution in [0.5, 0.6) is 0 Å². The maximum absolute atomic E-state index is 8.36. The highest BCUT2D eigenvalue weighted by Crippen LogP contribution is 2.04.